The summed E-state index contributed by atoms with van der Waals surface area (Å²) in [6, 6.07) is 8.21. The summed E-state index contributed by atoms with van der Waals surface area (Å²) in [5.41, 5.74) is 1.10. The van der Waals surface area contributed by atoms with Crippen molar-refractivity contribution < 1.29 is 4.79 Å². The van der Waals surface area contributed by atoms with Crippen LogP contribution in [0.2, 0.25) is 0 Å². The minimum atomic E-state index is 0.251. The minimum absolute atomic E-state index is 0.251. The molecule has 0 saturated carbocycles. The average Bonchev–Trinajstić information content (AvgIpc) is 2.86. The number of nitrogens with zero attached hydrogens (tertiary/aromatic N) is 1. The van der Waals surface area contributed by atoms with Crippen LogP contribution in [0.3, 0.4) is 0 Å². The van der Waals surface area contributed by atoms with E-state index in [1.165, 1.54) is 11.3 Å². The highest BCUT2D eigenvalue weighted by molar-refractivity contribution is 8.00. The Labute approximate surface area is 106 Å². The molecule has 1 unspecified atom stereocenters. The highest BCUT2D eigenvalue weighted by Gasteiger charge is 2.27. The van der Waals surface area contributed by atoms with Crippen molar-refractivity contribution in [3.05, 3.63) is 24.3 Å². The Morgan fingerprint density at radius 2 is 2.29 bits per heavy atom. The number of carbonyl (C=O) groups is 1. The van der Waals surface area contributed by atoms with Gasteiger partial charge in [0.05, 0.1) is 11.4 Å². The van der Waals surface area contributed by atoms with E-state index in [9.17, 15) is 4.79 Å². The van der Waals surface area contributed by atoms with Gasteiger partial charge in [-0.3, -0.25) is 4.79 Å². The van der Waals surface area contributed by atoms with Crippen molar-refractivity contribution >= 4 is 23.4 Å². The number of rotatable bonds is 2. The maximum Gasteiger partial charge on any atom is 0.237 e. The number of para-hydroxylation sites is 1. The summed E-state index contributed by atoms with van der Waals surface area (Å²) in [5, 5.41) is 3.36. The molecular weight excluding hydrogens is 232 g/mol. The number of hydrogen-bond donors (Lipinski definition) is 1. The van der Waals surface area contributed by atoms with Crippen LogP contribution in [-0.2, 0) is 4.79 Å². The van der Waals surface area contributed by atoms with E-state index in [4.69, 9.17) is 0 Å². The molecule has 0 aromatic heterocycles. The van der Waals surface area contributed by atoms with Gasteiger partial charge in [-0.05, 0) is 37.6 Å². The van der Waals surface area contributed by atoms with Crippen LogP contribution in [0, 0.1) is 5.92 Å². The molecule has 0 spiro atoms. The predicted octanol–water partition coefficient (Wildman–Crippen LogP) is 1.73. The average molecular weight is 248 g/mol. The fourth-order valence-corrected chi connectivity index (χ4v) is 3.42. The van der Waals surface area contributed by atoms with Gasteiger partial charge in [0.15, 0.2) is 0 Å². The molecule has 0 aliphatic carbocycles. The molecule has 1 N–H and O–H groups in total. The number of nitrogens with one attached hydrogen (secondary N) is 1. The van der Waals surface area contributed by atoms with E-state index in [1.807, 2.05) is 17.0 Å². The van der Waals surface area contributed by atoms with Crippen molar-refractivity contribution in [3.63, 3.8) is 0 Å². The molecule has 1 aromatic rings. The molecule has 1 atom stereocenters. The van der Waals surface area contributed by atoms with E-state index >= 15 is 0 Å². The summed E-state index contributed by atoms with van der Waals surface area (Å²) in [6.07, 6.45) is 1.18. The molecule has 90 valence electrons. The summed E-state index contributed by atoms with van der Waals surface area (Å²) in [4.78, 5) is 15.2. The van der Waals surface area contributed by atoms with Crippen molar-refractivity contribution in [1.82, 2.24) is 5.32 Å². The van der Waals surface area contributed by atoms with Gasteiger partial charge in [-0.1, -0.05) is 12.1 Å². The normalized spacial score (nSPS) is 23.9. The lowest BCUT2D eigenvalue weighted by Gasteiger charge is -2.30. The van der Waals surface area contributed by atoms with Gasteiger partial charge < -0.3 is 10.2 Å². The Kier molecular flexibility index (Phi) is 3.07. The van der Waals surface area contributed by atoms with Gasteiger partial charge in [0.2, 0.25) is 5.91 Å². The highest BCUT2D eigenvalue weighted by atomic mass is 32.2. The largest absolute Gasteiger partial charge is 0.316 e. The second-order valence-corrected chi connectivity index (χ2v) is 5.64. The molecule has 17 heavy (non-hydrogen) atoms. The first-order chi connectivity index (χ1) is 8.34. The van der Waals surface area contributed by atoms with E-state index < -0.39 is 0 Å². The Balaban J connectivity index is 1.84. The number of benzene rings is 1. The summed E-state index contributed by atoms with van der Waals surface area (Å²) in [6.45, 7) is 2.99. The molecule has 1 saturated heterocycles. The predicted molar refractivity (Wildman–Crippen MR) is 70.5 cm³/mol. The smallest absolute Gasteiger partial charge is 0.237 e. The number of anilines is 1. The molecule has 0 bridgehead atoms. The Morgan fingerprint density at radius 1 is 1.41 bits per heavy atom. The van der Waals surface area contributed by atoms with E-state index in [1.54, 1.807) is 11.8 Å². The molecule has 3 rings (SSSR count). The summed E-state index contributed by atoms with van der Waals surface area (Å²) >= 11 is 1.65. The van der Waals surface area contributed by atoms with Gasteiger partial charge >= 0.3 is 0 Å². The Bertz CT molecular complexity index is 429. The van der Waals surface area contributed by atoms with Crippen molar-refractivity contribution in [2.45, 2.75) is 11.3 Å². The SMILES string of the molecule is O=C1CSc2ccccc2N1CC1CCNC1. The van der Waals surface area contributed by atoms with Crippen molar-refractivity contribution in [2.24, 2.45) is 5.92 Å². The van der Waals surface area contributed by atoms with E-state index in [-0.39, 0.29) is 5.91 Å². The van der Waals surface area contributed by atoms with Gasteiger partial charge in [-0.2, -0.15) is 0 Å². The first-order valence-corrected chi connectivity index (χ1v) is 7.06. The monoisotopic (exact) mass is 248 g/mol. The number of thioether (sulfide) groups is 1. The van der Waals surface area contributed by atoms with Gasteiger partial charge in [0.25, 0.3) is 0 Å². The van der Waals surface area contributed by atoms with Crippen LogP contribution in [0.4, 0.5) is 5.69 Å². The van der Waals surface area contributed by atoms with E-state index in [2.05, 4.69) is 17.4 Å². The van der Waals surface area contributed by atoms with Crippen molar-refractivity contribution in [2.75, 3.05) is 30.3 Å². The van der Waals surface area contributed by atoms with Gasteiger partial charge in [0.1, 0.15) is 0 Å². The quantitative estimate of drug-likeness (QED) is 0.865. The van der Waals surface area contributed by atoms with E-state index in [0.717, 1.165) is 25.3 Å². The summed E-state index contributed by atoms with van der Waals surface area (Å²) < 4.78 is 0. The fourth-order valence-electron chi connectivity index (χ4n) is 2.48. The van der Waals surface area contributed by atoms with Gasteiger partial charge in [-0.25, -0.2) is 0 Å². The number of fused-ring (bicyclic) bond motifs is 1. The van der Waals surface area contributed by atoms with Crippen LogP contribution < -0.4 is 10.2 Å². The fraction of sp³-hybridized carbons (Fsp3) is 0.462. The van der Waals surface area contributed by atoms with E-state index in [0.29, 0.717) is 11.7 Å². The van der Waals surface area contributed by atoms with Crippen LogP contribution in [0.1, 0.15) is 6.42 Å². The number of carbonyl (C=O) groups excluding carboxylic acids is 1. The van der Waals surface area contributed by atoms with Crippen LogP contribution >= 0.6 is 11.8 Å². The standard InChI is InChI=1S/C13H16N2OS/c16-13-9-17-12-4-2-1-3-11(12)15(13)8-10-5-6-14-7-10/h1-4,10,14H,5-9H2. The van der Waals surface area contributed by atoms with Crippen molar-refractivity contribution in [1.29, 1.82) is 0 Å². The lowest BCUT2D eigenvalue weighted by molar-refractivity contribution is -0.116. The third-order valence-electron chi connectivity index (χ3n) is 3.41. The molecule has 4 heteroatoms. The van der Waals surface area contributed by atoms with Crippen LogP contribution in [-0.4, -0.2) is 31.3 Å². The summed E-state index contributed by atoms with van der Waals surface area (Å²) in [5.74, 6) is 1.44. The molecule has 2 aliphatic rings. The topological polar surface area (TPSA) is 32.3 Å². The molecule has 2 aliphatic heterocycles. The number of amides is 1. The zero-order valence-corrected chi connectivity index (χ0v) is 10.5. The number of hydrogen-bond acceptors (Lipinski definition) is 3. The lowest BCUT2D eigenvalue weighted by atomic mass is 10.1. The van der Waals surface area contributed by atoms with Crippen LogP contribution in [0.5, 0.6) is 0 Å². The first kappa shape index (κ1) is 11.1. The van der Waals surface area contributed by atoms with Crippen molar-refractivity contribution in [3.8, 4) is 0 Å². The highest BCUT2D eigenvalue weighted by Crippen LogP contribution is 2.35. The molecule has 1 aromatic carbocycles. The maximum absolute atomic E-state index is 12.0. The minimum Gasteiger partial charge on any atom is -0.316 e. The first-order valence-electron chi connectivity index (χ1n) is 6.07. The molecule has 2 heterocycles. The zero-order valence-electron chi connectivity index (χ0n) is 9.69. The summed E-state index contributed by atoms with van der Waals surface area (Å²) in [7, 11) is 0. The molecule has 0 radical (unpaired) electrons. The second-order valence-electron chi connectivity index (χ2n) is 4.62. The molecular formula is C13H16N2OS. The van der Waals surface area contributed by atoms with Crippen LogP contribution in [0.25, 0.3) is 0 Å². The third-order valence-corrected chi connectivity index (χ3v) is 4.46. The Hall–Kier alpha value is -1.00. The Morgan fingerprint density at radius 3 is 3.12 bits per heavy atom. The zero-order chi connectivity index (χ0) is 11.7. The lowest BCUT2D eigenvalue weighted by Crippen LogP contribution is -2.39. The second kappa shape index (κ2) is 4.70. The maximum atomic E-state index is 12.0. The molecule has 3 nitrogen and oxygen atoms in total. The van der Waals surface area contributed by atoms with Gasteiger partial charge in [-0.15, -0.1) is 11.8 Å². The molecule has 1 amide bonds. The third kappa shape index (κ3) is 2.19. The van der Waals surface area contributed by atoms with Gasteiger partial charge in [0, 0.05) is 11.4 Å². The van der Waals surface area contributed by atoms with Crippen LogP contribution in [0.15, 0.2) is 29.2 Å². The molecule has 1 fully saturated rings.